The first-order valence-corrected chi connectivity index (χ1v) is 5.91. The molecule has 102 valence electrons. The molecule has 2 rings (SSSR count). The summed E-state index contributed by atoms with van der Waals surface area (Å²) in [6.07, 6.45) is 0. The summed E-state index contributed by atoms with van der Waals surface area (Å²) in [6, 6.07) is 15.2. The second kappa shape index (κ2) is 7.59. The van der Waals surface area contributed by atoms with E-state index in [2.05, 4.69) is 0 Å². The van der Waals surface area contributed by atoms with Crippen LogP contribution in [0.15, 0.2) is 48.5 Å². The summed E-state index contributed by atoms with van der Waals surface area (Å²) in [5.74, 6) is 0.246. The van der Waals surface area contributed by atoms with E-state index in [0.29, 0.717) is 11.3 Å². The van der Waals surface area contributed by atoms with Gasteiger partial charge in [0.15, 0.2) is 5.78 Å². The van der Waals surface area contributed by atoms with E-state index >= 15 is 0 Å². The van der Waals surface area contributed by atoms with Crippen LogP contribution in [-0.4, -0.2) is 18.0 Å². The number of phenolic OH excluding ortho intramolecular Hbond substituents is 1. The summed E-state index contributed by atoms with van der Waals surface area (Å²) in [5.41, 5.74) is 0.824. The van der Waals surface area contributed by atoms with E-state index in [0.717, 1.165) is 0 Å². The van der Waals surface area contributed by atoms with Gasteiger partial charge in [-0.25, -0.2) is 0 Å². The second-order valence-electron chi connectivity index (χ2n) is 3.80. The monoisotopic (exact) mass is 269 g/mol. The Morgan fingerprint density at radius 2 is 1.80 bits per heavy atom. The van der Waals surface area contributed by atoms with E-state index in [4.69, 9.17) is 10.00 Å². The van der Waals surface area contributed by atoms with E-state index in [1.54, 1.807) is 42.5 Å². The number of benzene rings is 2. The fourth-order valence-electron chi connectivity index (χ4n) is 1.58. The van der Waals surface area contributed by atoms with Crippen LogP contribution in [0.4, 0.5) is 0 Å². The molecule has 4 nitrogen and oxygen atoms in total. The van der Waals surface area contributed by atoms with Gasteiger partial charge in [-0.05, 0) is 12.1 Å². The highest BCUT2D eigenvalue weighted by molar-refractivity contribution is 6.10. The third-order valence-electron chi connectivity index (χ3n) is 2.49. The number of ketones is 1. The number of ether oxygens (including phenoxy) is 1. The van der Waals surface area contributed by atoms with Gasteiger partial charge in [0.1, 0.15) is 11.5 Å². The SMILES string of the molecule is CC#N.COc1ccc(C(=O)c2ccccc2)c(O)c1. The molecule has 2 aromatic rings. The fourth-order valence-corrected chi connectivity index (χ4v) is 1.58. The van der Waals surface area contributed by atoms with Crippen molar-refractivity contribution >= 4 is 5.78 Å². The van der Waals surface area contributed by atoms with E-state index in [1.807, 2.05) is 6.07 Å². The predicted octanol–water partition coefficient (Wildman–Crippen LogP) is 3.16. The van der Waals surface area contributed by atoms with Gasteiger partial charge in [-0.15, -0.1) is 0 Å². The van der Waals surface area contributed by atoms with E-state index in [1.165, 1.54) is 20.1 Å². The van der Waals surface area contributed by atoms with Crippen molar-refractivity contribution in [2.75, 3.05) is 7.11 Å². The Kier molecular flexibility index (Phi) is 5.79. The van der Waals surface area contributed by atoms with E-state index in [9.17, 15) is 9.90 Å². The highest BCUT2D eigenvalue weighted by atomic mass is 16.5. The second-order valence-corrected chi connectivity index (χ2v) is 3.80. The maximum Gasteiger partial charge on any atom is 0.196 e. The van der Waals surface area contributed by atoms with Crippen molar-refractivity contribution in [2.45, 2.75) is 6.92 Å². The molecule has 0 radical (unpaired) electrons. The van der Waals surface area contributed by atoms with Crippen molar-refractivity contribution in [2.24, 2.45) is 0 Å². The Morgan fingerprint density at radius 1 is 1.20 bits per heavy atom. The normalized spacial score (nSPS) is 8.85. The number of aromatic hydroxyl groups is 1. The zero-order chi connectivity index (χ0) is 15.0. The van der Waals surface area contributed by atoms with Crippen LogP contribution in [0.2, 0.25) is 0 Å². The first-order chi connectivity index (χ1) is 9.63. The third-order valence-corrected chi connectivity index (χ3v) is 2.49. The molecule has 0 bridgehead atoms. The zero-order valence-corrected chi connectivity index (χ0v) is 11.3. The lowest BCUT2D eigenvalue weighted by Crippen LogP contribution is -2.01. The van der Waals surface area contributed by atoms with Gasteiger partial charge in [-0.1, -0.05) is 30.3 Å². The molecule has 0 saturated carbocycles. The average Bonchev–Trinajstić information content (AvgIpc) is 2.48. The van der Waals surface area contributed by atoms with Gasteiger partial charge >= 0.3 is 0 Å². The highest BCUT2D eigenvalue weighted by Gasteiger charge is 2.13. The number of methoxy groups -OCH3 is 1. The molecule has 0 spiro atoms. The number of carbonyl (C=O) groups excluding carboxylic acids is 1. The van der Waals surface area contributed by atoms with Crippen LogP contribution >= 0.6 is 0 Å². The van der Waals surface area contributed by atoms with Crippen LogP contribution in [0, 0.1) is 11.3 Å². The van der Waals surface area contributed by atoms with Crippen molar-refractivity contribution in [1.82, 2.24) is 0 Å². The lowest BCUT2D eigenvalue weighted by Gasteiger charge is -2.06. The molecule has 0 atom stereocenters. The molecule has 1 N–H and O–H groups in total. The average molecular weight is 269 g/mol. The largest absolute Gasteiger partial charge is 0.507 e. The predicted molar refractivity (Wildman–Crippen MR) is 75.8 cm³/mol. The Labute approximate surface area is 117 Å². The summed E-state index contributed by atoms with van der Waals surface area (Å²) < 4.78 is 4.96. The number of rotatable bonds is 3. The molecule has 0 aliphatic rings. The van der Waals surface area contributed by atoms with Crippen molar-refractivity contribution in [3.8, 4) is 17.6 Å². The lowest BCUT2D eigenvalue weighted by atomic mass is 10.0. The third kappa shape index (κ3) is 3.85. The van der Waals surface area contributed by atoms with E-state index < -0.39 is 0 Å². The molecule has 20 heavy (non-hydrogen) atoms. The van der Waals surface area contributed by atoms with Crippen molar-refractivity contribution in [1.29, 1.82) is 5.26 Å². The first-order valence-electron chi connectivity index (χ1n) is 5.91. The molecular weight excluding hydrogens is 254 g/mol. The minimum atomic E-state index is -0.203. The molecule has 0 fully saturated rings. The number of hydrogen-bond donors (Lipinski definition) is 1. The van der Waals surface area contributed by atoms with Gasteiger partial charge in [-0.2, -0.15) is 5.26 Å². The number of hydrogen-bond acceptors (Lipinski definition) is 4. The Balaban J connectivity index is 0.000000612. The van der Waals surface area contributed by atoms with Crippen LogP contribution in [0.25, 0.3) is 0 Å². The van der Waals surface area contributed by atoms with Crippen molar-refractivity contribution < 1.29 is 14.6 Å². The molecule has 4 heteroatoms. The summed E-state index contributed by atoms with van der Waals surface area (Å²) in [7, 11) is 1.51. The number of nitrogens with zero attached hydrogens (tertiary/aromatic N) is 1. The molecule has 0 amide bonds. The van der Waals surface area contributed by atoms with Gasteiger partial charge in [0.2, 0.25) is 0 Å². The Hall–Kier alpha value is -2.80. The van der Waals surface area contributed by atoms with Crippen LogP contribution in [0.5, 0.6) is 11.5 Å². The molecule has 0 aliphatic carbocycles. The molecule has 0 saturated heterocycles. The first kappa shape index (κ1) is 15.3. The summed E-state index contributed by atoms with van der Waals surface area (Å²) in [5, 5.41) is 17.1. The molecule has 0 unspecified atom stereocenters. The topological polar surface area (TPSA) is 70.3 Å². The molecule has 0 aromatic heterocycles. The summed E-state index contributed by atoms with van der Waals surface area (Å²) in [6.45, 7) is 1.43. The smallest absolute Gasteiger partial charge is 0.196 e. The van der Waals surface area contributed by atoms with Crippen LogP contribution < -0.4 is 4.74 Å². The summed E-state index contributed by atoms with van der Waals surface area (Å²) >= 11 is 0. The van der Waals surface area contributed by atoms with Crippen molar-refractivity contribution in [3.63, 3.8) is 0 Å². The maximum absolute atomic E-state index is 12.1. The zero-order valence-electron chi connectivity index (χ0n) is 11.3. The Morgan fingerprint density at radius 3 is 2.30 bits per heavy atom. The highest BCUT2D eigenvalue weighted by Crippen LogP contribution is 2.25. The summed E-state index contributed by atoms with van der Waals surface area (Å²) in [4.78, 5) is 12.1. The fraction of sp³-hybridized carbons (Fsp3) is 0.125. The number of nitriles is 1. The quantitative estimate of drug-likeness (QED) is 0.869. The molecule has 0 aliphatic heterocycles. The van der Waals surface area contributed by atoms with Gasteiger partial charge in [-0.3, -0.25) is 4.79 Å². The molecular formula is C16H15NO3. The van der Waals surface area contributed by atoms with Crippen molar-refractivity contribution in [3.05, 3.63) is 59.7 Å². The van der Waals surface area contributed by atoms with Gasteiger partial charge < -0.3 is 9.84 Å². The van der Waals surface area contributed by atoms with Crippen LogP contribution in [-0.2, 0) is 0 Å². The van der Waals surface area contributed by atoms with Crippen LogP contribution in [0.1, 0.15) is 22.8 Å². The standard InChI is InChI=1S/C14H12O3.C2H3N/c1-17-11-7-8-12(13(15)9-11)14(16)10-5-3-2-4-6-10;1-2-3/h2-9,15H,1H3;1H3. The van der Waals surface area contributed by atoms with Gasteiger partial charge in [0.25, 0.3) is 0 Å². The minimum absolute atomic E-state index is 0.0711. The lowest BCUT2D eigenvalue weighted by molar-refractivity contribution is 0.103. The van der Waals surface area contributed by atoms with Gasteiger partial charge in [0, 0.05) is 18.6 Å². The molecule has 0 heterocycles. The minimum Gasteiger partial charge on any atom is -0.507 e. The van der Waals surface area contributed by atoms with Gasteiger partial charge in [0.05, 0.1) is 18.7 Å². The number of phenols is 1. The van der Waals surface area contributed by atoms with Crippen LogP contribution in [0.3, 0.4) is 0 Å². The Bertz CT molecular complexity index is 615. The number of carbonyl (C=O) groups is 1. The van der Waals surface area contributed by atoms with E-state index in [-0.39, 0.29) is 17.1 Å². The maximum atomic E-state index is 12.1. The molecule has 2 aromatic carbocycles.